The van der Waals surface area contributed by atoms with E-state index in [0.29, 0.717) is 18.1 Å². The van der Waals surface area contributed by atoms with Gasteiger partial charge in [-0.05, 0) is 65.3 Å². The zero-order valence-electron chi connectivity index (χ0n) is 13.5. The van der Waals surface area contributed by atoms with Gasteiger partial charge < -0.3 is 11.1 Å². The Hall–Kier alpha value is -0.610. The molecule has 0 aromatic rings. The van der Waals surface area contributed by atoms with Crippen LogP contribution >= 0.6 is 0 Å². The monoisotopic (exact) mass is 281 g/mol. The highest BCUT2D eigenvalue weighted by Crippen LogP contribution is 2.29. The molecule has 0 aromatic carbocycles. The number of piperidine rings is 1. The normalized spacial score (nSPS) is 32.6. The van der Waals surface area contributed by atoms with E-state index in [1.54, 1.807) is 0 Å². The molecule has 0 bridgehead atoms. The topological polar surface area (TPSA) is 58.4 Å². The maximum Gasteiger partial charge on any atom is 0.237 e. The van der Waals surface area contributed by atoms with Gasteiger partial charge in [0.15, 0.2) is 0 Å². The number of likely N-dealkylation sites (tertiary alicyclic amines) is 1. The summed E-state index contributed by atoms with van der Waals surface area (Å²) in [5, 5.41) is 3.46. The van der Waals surface area contributed by atoms with Gasteiger partial charge in [-0.2, -0.15) is 0 Å². The summed E-state index contributed by atoms with van der Waals surface area (Å²) in [6, 6.07) is 1.49. The van der Waals surface area contributed by atoms with Crippen LogP contribution in [-0.4, -0.2) is 41.0 Å². The smallest absolute Gasteiger partial charge is 0.237 e. The second-order valence-electron chi connectivity index (χ2n) is 7.38. The summed E-state index contributed by atoms with van der Waals surface area (Å²) in [5.74, 6) is 0.606. The summed E-state index contributed by atoms with van der Waals surface area (Å²) in [6.07, 6.45) is 5.67. The van der Waals surface area contributed by atoms with Gasteiger partial charge in [-0.15, -0.1) is 0 Å². The highest BCUT2D eigenvalue weighted by molar-refractivity contribution is 5.84. The van der Waals surface area contributed by atoms with Crippen molar-refractivity contribution in [1.29, 1.82) is 0 Å². The maximum atomic E-state index is 11.9. The van der Waals surface area contributed by atoms with Crippen LogP contribution in [0.5, 0.6) is 0 Å². The average Bonchev–Trinajstić information content (AvgIpc) is 3.11. The predicted molar refractivity (Wildman–Crippen MR) is 82.4 cm³/mol. The van der Waals surface area contributed by atoms with Crippen LogP contribution < -0.4 is 11.1 Å². The summed E-state index contributed by atoms with van der Waals surface area (Å²) >= 11 is 0. The van der Waals surface area contributed by atoms with Gasteiger partial charge in [0.2, 0.25) is 5.91 Å². The van der Waals surface area contributed by atoms with Gasteiger partial charge in [0.05, 0.1) is 5.54 Å². The van der Waals surface area contributed by atoms with E-state index in [0.717, 1.165) is 18.9 Å². The van der Waals surface area contributed by atoms with Crippen molar-refractivity contribution < 1.29 is 4.79 Å². The van der Waals surface area contributed by atoms with Gasteiger partial charge in [-0.3, -0.25) is 9.69 Å². The largest absolute Gasteiger partial charge is 0.368 e. The molecule has 2 fully saturated rings. The number of primary amides is 1. The fourth-order valence-electron chi connectivity index (χ4n) is 3.70. The molecule has 4 atom stereocenters. The first-order chi connectivity index (χ1) is 9.32. The lowest BCUT2D eigenvalue weighted by atomic mass is 9.87. The number of hydrogen-bond donors (Lipinski definition) is 2. The van der Waals surface area contributed by atoms with E-state index < -0.39 is 5.54 Å². The van der Waals surface area contributed by atoms with Crippen LogP contribution in [0.25, 0.3) is 0 Å². The highest BCUT2D eigenvalue weighted by atomic mass is 16.1. The SMILES string of the molecule is CC1CCN(C(C)CC(C)(NC2CC2)C(N)=O)C(C)C1. The third kappa shape index (κ3) is 3.73. The molecule has 116 valence electrons. The number of rotatable bonds is 6. The van der Waals surface area contributed by atoms with E-state index in [1.165, 1.54) is 25.7 Å². The highest BCUT2D eigenvalue weighted by Gasteiger charge is 2.40. The molecule has 1 aliphatic carbocycles. The van der Waals surface area contributed by atoms with Crippen LogP contribution in [0.2, 0.25) is 0 Å². The van der Waals surface area contributed by atoms with Crippen molar-refractivity contribution >= 4 is 5.91 Å². The molecule has 0 aromatic heterocycles. The number of hydrogen-bond acceptors (Lipinski definition) is 3. The Bertz CT molecular complexity index is 356. The van der Waals surface area contributed by atoms with E-state index in [1.807, 2.05) is 6.92 Å². The Morgan fingerprint density at radius 1 is 1.40 bits per heavy atom. The molecule has 3 N–H and O–H groups in total. The van der Waals surface area contributed by atoms with Crippen LogP contribution in [0.1, 0.15) is 59.8 Å². The first-order valence-corrected chi connectivity index (χ1v) is 8.15. The van der Waals surface area contributed by atoms with Crippen LogP contribution in [0, 0.1) is 5.92 Å². The molecule has 0 spiro atoms. The zero-order valence-corrected chi connectivity index (χ0v) is 13.5. The molecule has 1 saturated carbocycles. The van der Waals surface area contributed by atoms with Gasteiger partial charge in [0.1, 0.15) is 0 Å². The number of amides is 1. The van der Waals surface area contributed by atoms with Crippen molar-refractivity contribution in [3.8, 4) is 0 Å². The van der Waals surface area contributed by atoms with Gasteiger partial charge in [-0.25, -0.2) is 0 Å². The third-order valence-electron chi connectivity index (χ3n) is 5.10. The Balaban J connectivity index is 1.96. The Kier molecular flexibility index (Phi) is 4.75. The van der Waals surface area contributed by atoms with Gasteiger partial charge in [-0.1, -0.05) is 6.92 Å². The van der Waals surface area contributed by atoms with E-state index in [-0.39, 0.29) is 5.91 Å². The number of nitrogens with one attached hydrogen (secondary N) is 1. The molecule has 20 heavy (non-hydrogen) atoms. The van der Waals surface area contributed by atoms with Crippen molar-refractivity contribution in [1.82, 2.24) is 10.2 Å². The number of nitrogens with zero attached hydrogens (tertiary/aromatic N) is 1. The minimum absolute atomic E-state index is 0.214. The van der Waals surface area contributed by atoms with Crippen molar-refractivity contribution in [2.24, 2.45) is 11.7 Å². The minimum Gasteiger partial charge on any atom is -0.368 e. The fourth-order valence-corrected chi connectivity index (χ4v) is 3.70. The standard InChI is InChI=1S/C16H31N3O/c1-11-7-8-19(12(2)9-11)13(3)10-16(4,15(17)20)18-14-5-6-14/h11-14,18H,5-10H2,1-4H3,(H2,17,20). The molecule has 4 nitrogen and oxygen atoms in total. The second kappa shape index (κ2) is 6.02. The molecule has 4 heteroatoms. The summed E-state index contributed by atoms with van der Waals surface area (Å²) in [5.41, 5.74) is 5.10. The van der Waals surface area contributed by atoms with Crippen molar-refractivity contribution in [2.45, 2.75) is 83.5 Å². The maximum absolute atomic E-state index is 11.9. The molecule has 1 aliphatic heterocycles. The van der Waals surface area contributed by atoms with Crippen molar-refractivity contribution in [3.63, 3.8) is 0 Å². The number of carbonyl (C=O) groups excluding carboxylic acids is 1. The Morgan fingerprint density at radius 3 is 2.55 bits per heavy atom. The minimum atomic E-state index is -0.566. The number of carbonyl (C=O) groups is 1. The van der Waals surface area contributed by atoms with E-state index in [2.05, 4.69) is 31.0 Å². The van der Waals surface area contributed by atoms with Gasteiger partial charge >= 0.3 is 0 Å². The summed E-state index contributed by atoms with van der Waals surface area (Å²) in [7, 11) is 0. The average molecular weight is 281 g/mol. The molecule has 0 radical (unpaired) electrons. The zero-order chi connectivity index (χ0) is 14.9. The van der Waals surface area contributed by atoms with E-state index in [4.69, 9.17) is 5.73 Å². The lowest BCUT2D eigenvalue weighted by Gasteiger charge is -2.43. The molecule has 1 heterocycles. The van der Waals surface area contributed by atoms with Gasteiger partial charge in [0.25, 0.3) is 0 Å². The first kappa shape index (κ1) is 15.8. The molecule has 2 rings (SSSR count). The molecule has 1 amide bonds. The molecule has 1 saturated heterocycles. The molecular weight excluding hydrogens is 250 g/mol. The van der Waals surface area contributed by atoms with Crippen molar-refractivity contribution in [2.75, 3.05) is 6.54 Å². The van der Waals surface area contributed by atoms with Crippen LogP contribution in [-0.2, 0) is 4.79 Å². The lowest BCUT2D eigenvalue weighted by Crippen LogP contribution is -2.58. The predicted octanol–water partition coefficient (Wildman–Crippen LogP) is 1.88. The third-order valence-corrected chi connectivity index (χ3v) is 5.10. The fraction of sp³-hybridized carbons (Fsp3) is 0.938. The van der Waals surface area contributed by atoms with Crippen LogP contribution in [0.3, 0.4) is 0 Å². The molecule has 2 aliphatic rings. The van der Waals surface area contributed by atoms with E-state index >= 15 is 0 Å². The quantitative estimate of drug-likeness (QED) is 0.781. The Morgan fingerprint density at radius 2 is 2.05 bits per heavy atom. The summed E-state index contributed by atoms with van der Waals surface area (Å²) in [4.78, 5) is 14.4. The van der Waals surface area contributed by atoms with E-state index in [9.17, 15) is 4.79 Å². The summed E-state index contributed by atoms with van der Waals surface area (Å²) < 4.78 is 0. The Labute approximate surface area is 123 Å². The van der Waals surface area contributed by atoms with Gasteiger partial charge in [0, 0.05) is 18.1 Å². The molecular formula is C16H31N3O. The van der Waals surface area contributed by atoms with Crippen molar-refractivity contribution in [3.05, 3.63) is 0 Å². The van der Waals surface area contributed by atoms with Crippen LogP contribution in [0.15, 0.2) is 0 Å². The summed E-state index contributed by atoms with van der Waals surface area (Å²) in [6.45, 7) is 9.99. The molecule has 4 unspecified atom stereocenters. The first-order valence-electron chi connectivity index (χ1n) is 8.15. The number of nitrogens with two attached hydrogens (primary N) is 1. The van der Waals surface area contributed by atoms with Crippen LogP contribution in [0.4, 0.5) is 0 Å². The second-order valence-corrected chi connectivity index (χ2v) is 7.38. The lowest BCUT2D eigenvalue weighted by molar-refractivity contribution is -0.125.